The van der Waals surface area contributed by atoms with Crippen molar-refractivity contribution >= 4 is 17.7 Å². The molecule has 0 radical (unpaired) electrons. The Balaban J connectivity index is 1.25. The number of carbonyl (C=O) groups is 1. The van der Waals surface area contributed by atoms with Crippen LogP contribution in [0.5, 0.6) is 23.1 Å². The highest BCUT2D eigenvalue weighted by molar-refractivity contribution is 8.00. The number of hydrogen-bond acceptors (Lipinski definition) is 6. The number of pyridine rings is 1. The van der Waals surface area contributed by atoms with E-state index >= 15 is 0 Å². The van der Waals surface area contributed by atoms with E-state index < -0.39 is 0 Å². The number of hydrogen-bond donors (Lipinski definition) is 1. The fourth-order valence-corrected chi connectivity index (χ4v) is 3.77. The van der Waals surface area contributed by atoms with Crippen molar-refractivity contribution in [1.82, 2.24) is 10.3 Å². The highest BCUT2D eigenvalue weighted by Crippen LogP contribution is 2.34. The summed E-state index contributed by atoms with van der Waals surface area (Å²) < 4.78 is 17.0. The van der Waals surface area contributed by atoms with E-state index in [2.05, 4.69) is 10.3 Å². The molecular formula is C24H24N2O4S. The molecule has 0 atom stereocenters. The lowest BCUT2D eigenvalue weighted by atomic mass is 10.1. The first-order valence-electron chi connectivity index (χ1n) is 10.1. The van der Waals surface area contributed by atoms with Crippen molar-refractivity contribution in [2.24, 2.45) is 0 Å². The number of amides is 1. The Morgan fingerprint density at radius 2 is 1.90 bits per heavy atom. The molecule has 160 valence electrons. The first-order valence-corrected chi connectivity index (χ1v) is 11.0. The van der Waals surface area contributed by atoms with Gasteiger partial charge in [0, 0.05) is 23.7 Å². The van der Waals surface area contributed by atoms with Crippen molar-refractivity contribution in [2.75, 3.05) is 19.0 Å². The monoisotopic (exact) mass is 436 g/mol. The fourth-order valence-electron chi connectivity index (χ4n) is 3.02. The van der Waals surface area contributed by atoms with Crippen molar-refractivity contribution in [1.29, 1.82) is 0 Å². The molecule has 1 N–H and O–H groups in total. The molecule has 0 spiro atoms. The Bertz CT molecular complexity index is 1070. The summed E-state index contributed by atoms with van der Waals surface area (Å²) in [6, 6.07) is 15.5. The number of nitrogens with one attached hydrogen (secondary N) is 1. The number of rotatable bonds is 7. The molecule has 0 saturated carbocycles. The predicted octanol–water partition coefficient (Wildman–Crippen LogP) is 4.67. The third-order valence-corrected chi connectivity index (χ3v) is 5.72. The van der Waals surface area contributed by atoms with Crippen LogP contribution in [0.25, 0.3) is 0 Å². The normalized spacial score (nSPS) is 12.3. The summed E-state index contributed by atoms with van der Waals surface area (Å²) in [6.45, 7) is 5.55. The van der Waals surface area contributed by atoms with Crippen LogP contribution in [0.2, 0.25) is 0 Å². The maximum Gasteiger partial charge on any atom is 0.230 e. The van der Waals surface area contributed by atoms with Gasteiger partial charge in [-0.05, 0) is 54.8 Å². The summed E-state index contributed by atoms with van der Waals surface area (Å²) in [6.07, 6.45) is 1.72. The quantitative estimate of drug-likeness (QED) is 0.543. The fraction of sp³-hybridized carbons (Fsp3) is 0.250. The third kappa shape index (κ3) is 5.70. The molecule has 0 fully saturated rings. The van der Waals surface area contributed by atoms with Crippen LogP contribution < -0.4 is 19.5 Å². The second-order valence-electron chi connectivity index (χ2n) is 7.25. The van der Waals surface area contributed by atoms with Crippen molar-refractivity contribution in [3.05, 3.63) is 71.4 Å². The minimum absolute atomic E-state index is 0.0457. The number of carbonyl (C=O) groups excluding carboxylic acids is 1. The largest absolute Gasteiger partial charge is 0.486 e. The van der Waals surface area contributed by atoms with E-state index in [1.165, 1.54) is 11.8 Å². The van der Waals surface area contributed by atoms with Gasteiger partial charge < -0.3 is 19.5 Å². The average molecular weight is 437 g/mol. The number of aryl methyl sites for hydroxylation is 2. The molecule has 1 aliphatic rings. The molecule has 0 aliphatic carbocycles. The molecule has 2 aromatic carbocycles. The highest BCUT2D eigenvalue weighted by Gasteiger charge is 2.12. The Kier molecular flexibility index (Phi) is 6.62. The zero-order valence-corrected chi connectivity index (χ0v) is 18.3. The lowest BCUT2D eigenvalue weighted by Crippen LogP contribution is -2.24. The highest BCUT2D eigenvalue weighted by atomic mass is 32.2. The zero-order chi connectivity index (χ0) is 21.6. The van der Waals surface area contributed by atoms with Gasteiger partial charge in [0.1, 0.15) is 19.0 Å². The molecule has 6 nitrogen and oxygen atoms in total. The van der Waals surface area contributed by atoms with Gasteiger partial charge in [0.05, 0.1) is 5.75 Å². The number of nitrogens with zero attached hydrogens (tertiary/aromatic N) is 1. The molecule has 0 unspecified atom stereocenters. The predicted molar refractivity (Wildman–Crippen MR) is 120 cm³/mol. The maximum atomic E-state index is 12.2. The number of thioether (sulfide) groups is 1. The van der Waals surface area contributed by atoms with Crippen LogP contribution in [0.3, 0.4) is 0 Å². The summed E-state index contributed by atoms with van der Waals surface area (Å²) in [5.74, 6) is 3.07. The van der Waals surface area contributed by atoms with Crippen LogP contribution in [-0.2, 0) is 11.3 Å². The standard InChI is InChI=1S/C24H24N2O4S/c1-16-3-4-17(2)21(11-16)30-24-8-5-18(14-26-24)13-25-23(27)15-31-19-6-7-20-22(12-19)29-10-9-28-20/h3-8,11-12,14H,9-10,13,15H2,1-2H3,(H,25,27). The minimum Gasteiger partial charge on any atom is -0.486 e. The van der Waals surface area contributed by atoms with Crippen molar-refractivity contribution < 1.29 is 19.0 Å². The molecule has 31 heavy (non-hydrogen) atoms. The number of fused-ring (bicyclic) bond motifs is 1. The van der Waals surface area contributed by atoms with Crippen LogP contribution in [-0.4, -0.2) is 29.9 Å². The Morgan fingerprint density at radius 3 is 2.71 bits per heavy atom. The van der Waals surface area contributed by atoms with Crippen LogP contribution in [0.1, 0.15) is 16.7 Å². The topological polar surface area (TPSA) is 69.7 Å². The molecule has 1 amide bonds. The van der Waals surface area contributed by atoms with Gasteiger partial charge in [-0.3, -0.25) is 4.79 Å². The first-order chi connectivity index (χ1) is 15.1. The van der Waals surface area contributed by atoms with Gasteiger partial charge in [-0.2, -0.15) is 0 Å². The van der Waals surface area contributed by atoms with Crippen LogP contribution >= 0.6 is 11.8 Å². The van der Waals surface area contributed by atoms with Crippen molar-refractivity contribution in [2.45, 2.75) is 25.3 Å². The molecule has 3 aromatic rings. The molecule has 2 heterocycles. The average Bonchev–Trinajstić information content (AvgIpc) is 2.79. The molecular weight excluding hydrogens is 412 g/mol. The summed E-state index contributed by atoms with van der Waals surface area (Å²) in [5, 5.41) is 2.92. The minimum atomic E-state index is -0.0457. The van der Waals surface area contributed by atoms with E-state index in [1.54, 1.807) is 6.20 Å². The lowest BCUT2D eigenvalue weighted by molar-refractivity contribution is -0.118. The van der Waals surface area contributed by atoms with E-state index in [-0.39, 0.29) is 5.91 Å². The van der Waals surface area contributed by atoms with Crippen LogP contribution in [0, 0.1) is 13.8 Å². The number of benzene rings is 2. The lowest BCUT2D eigenvalue weighted by Gasteiger charge is -2.18. The second kappa shape index (κ2) is 9.75. The number of aromatic nitrogens is 1. The second-order valence-corrected chi connectivity index (χ2v) is 8.30. The molecule has 0 bridgehead atoms. The maximum absolute atomic E-state index is 12.2. The van der Waals surface area contributed by atoms with Gasteiger partial charge in [-0.1, -0.05) is 18.2 Å². The summed E-state index contributed by atoms with van der Waals surface area (Å²) >= 11 is 1.46. The molecule has 1 aromatic heterocycles. The summed E-state index contributed by atoms with van der Waals surface area (Å²) in [4.78, 5) is 17.5. The number of ether oxygens (including phenoxy) is 3. The Morgan fingerprint density at radius 1 is 1.06 bits per heavy atom. The smallest absolute Gasteiger partial charge is 0.230 e. The van der Waals surface area contributed by atoms with Crippen LogP contribution in [0.4, 0.5) is 0 Å². The van der Waals surface area contributed by atoms with Gasteiger partial charge in [0.2, 0.25) is 11.8 Å². The summed E-state index contributed by atoms with van der Waals surface area (Å²) in [5.41, 5.74) is 3.10. The SMILES string of the molecule is Cc1ccc(C)c(Oc2ccc(CNC(=O)CSc3ccc4c(c3)OCCO4)cn2)c1. The van der Waals surface area contributed by atoms with Gasteiger partial charge >= 0.3 is 0 Å². The van der Waals surface area contributed by atoms with E-state index in [0.717, 1.165) is 38.8 Å². The van der Waals surface area contributed by atoms with E-state index in [1.807, 2.05) is 62.4 Å². The third-order valence-electron chi connectivity index (χ3n) is 4.73. The first kappa shape index (κ1) is 21.1. The van der Waals surface area contributed by atoms with Gasteiger partial charge in [-0.25, -0.2) is 4.98 Å². The van der Waals surface area contributed by atoms with Crippen molar-refractivity contribution in [3.63, 3.8) is 0 Å². The molecule has 4 rings (SSSR count). The van der Waals surface area contributed by atoms with Gasteiger partial charge in [0.15, 0.2) is 11.5 Å². The van der Waals surface area contributed by atoms with E-state index in [0.29, 0.717) is 31.4 Å². The summed E-state index contributed by atoms with van der Waals surface area (Å²) in [7, 11) is 0. The van der Waals surface area contributed by atoms with E-state index in [9.17, 15) is 4.79 Å². The molecule has 1 aliphatic heterocycles. The van der Waals surface area contributed by atoms with Gasteiger partial charge in [-0.15, -0.1) is 11.8 Å². The molecule has 0 saturated heterocycles. The zero-order valence-electron chi connectivity index (χ0n) is 17.5. The Labute approximate surface area is 185 Å². The van der Waals surface area contributed by atoms with E-state index in [4.69, 9.17) is 14.2 Å². The molecule has 7 heteroatoms. The van der Waals surface area contributed by atoms with Crippen molar-refractivity contribution in [3.8, 4) is 23.1 Å². The van der Waals surface area contributed by atoms with Crippen LogP contribution in [0.15, 0.2) is 59.6 Å². The van der Waals surface area contributed by atoms with Gasteiger partial charge in [0.25, 0.3) is 0 Å². The Hall–Kier alpha value is -3.19.